The first kappa shape index (κ1) is 18.3. The third-order valence-electron chi connectivity index (χ3n) is 5.32. The zero-order valence-corrected chi connectivity index (χ0v) is 15.7. The van der Waals surface area contributed by atoms with Crippen molar-refractivity contribution < 1.29 is 18.7 Å². The molecule has 1 aliphatic rings. The minimum Gasteiger partial charge on any atom is -0.497 e. The lowest BCUT2D eigenvalue weighted by molar-refractivity contribution is 0.139. The molecule has 4 nitrogen and oxygen atoms in total. The van der Waals surface area contributed by atoms with Crippen LogP contribution < -0.4 is 9.47 Å². The Bertz CT molecular complexity index is 979. The first-order valence-corrected chi connectivity index (χ1v) is 9.42. The number of rotatable bonds is 3. The summed E-state index contributed by atoms with van der Waals surface area (Å²) in [7, 11) is 1.63. The van der Waals surface area contributed by atoms with Crippen molar-refractivity contribution in [1.82, 2.24) is 4.90 Å². The molecule has 1 heterocycles. The van der Waals surface area contributed by atoms with E-state index in [0.717, 1.165) is 34.9 Å². The Hall–Kier alpha value is -3.08. The molecule has 5 heteroatoms. The number of halogens is 1. The van der Waals surface area contributed by atoms with Gasteiger partial charge in [-0.3, -0.25) is 0 Å². The van der Waals surface area contributed by atoms with Gasteiger partial charge >= 0.3 is 6.09 Å². The van der Waals surface area contributed by atoms with Crippen LogP contribution in [0.2, 0.25) is 0 Å². The topological polar surface area (TPSA) is 38.8 Å². The Morgan fingerprint density at radius 2 is 1.57 bits per heavy atom. The number of nitrogens with zero attached hydrogens (tertiary/aromatic N) is 1. The summed E-state index contributed by atoms with van der Waals surface area (Å²) in [5.74, 6) is 1.40. The van der Waals surface area contributed by atoms with Gasteiger partial charge in [-0.1, -0.05) is 24.3 Å². The molecule has 4 rings (SSSR count). The first-order chi connectivity index (χ1) is 13.6. The van der Waals surface area contributed by atoms with Crippen LogP contribution in [0, 0.1) is 5.82 Å². The van der Waals surface area contributed by atoms with Crippen LogP contribution in [0.15, 0.2) is 60.7 Å². The highest BCUT2D eigenvalue weighted by molar-refractivity contribution is 5.86. The lowest BCUT2D eigenvalue weighted by Gasteiger charge is -2.31. The van der Waals surface area contributed by atoms with Gasteiger partial charge in [0.05, 0.1) is 7.11 Å². The third-order valence-corrected chi connectivity index (χ3v) is 5.32. The van der Waals surface area contributed by atoms with E-state index in [-0.39, 0.29) is 11.9 Å². The summed E-state index contributed by atoms with van der Waals surface area (Å²) in [6.45, 7) is 1.25. The molecule has 0 atom stereocenters. The van der Waals surface area contributed by atoms with Crippen LogP contribution in [0.1, 0.15) is 24.3 Å². The molecule has 3 aromatic carbocycles. The number of likely N-dealkylation sites (tertiary alicyclic amines) is 1. The molecule has 0 aliphatic carbocycles. The van der Waals surface area contributed by atoms with Crippen molar-refractivity contribution >= 4 is 16.9 Å². The van der Waals surface area contributed by atoms with Gasteiger partial charge in [0.15, 0.2) is 0 Å². The molecular weight excluding hydrogens is 357 g/mol. The van der Waals surface area contributed by atoms with E-state index < -0.39 is 0 Å². The number of hydrogen-bond donors (Lipinski definition) is 0. The maximum absolute atomic E-state index is 13.1. The van der Waals surface area contributed by atoms with E-state index in [9.17, 15) is 9.18 Å². The largest absolute Gasteiger partial charge is 0.497 e. The van der Waals surface area contributed by atoms with Crippen LogP contribution >= 0.6 is 0 Å². The number of hydrogen-bond acceptors (Lipinski definition) is 3. The summed E-state index contributed by atoms with van der Waals surface area (Å²) in [6.07, 6.45) is 1.35. The van der Waals surface area contributed by atoms with Gasteiger partial charge in [-0.15, -0.1) is 0 Å². The summed E-state index contributed by atoms with van der Waals surface area (Å²) in [5.41, 5.74) is 1.12. The third kappa shape index (κ3) is 3.93. The van der Waals surface area contributed by atoms with Gasteiger partial charge in [0.1, 0.15) is 17.3 Å². The average molecular weight is 379 g/mol. The molecule has 0 N–H and O–H groups in total. The fraction of sp³-hybridized carbons (Fsp3) is 0.261. The minimum atomic E-state index is -0.334. The van der Waals surface area contributed by atoms with Crippen LogP contribution in [-0.2, 0) is 0 Å². The van der Waals surface area contributed by atoms with Gasteiger partial charge in [0, 0.05) is 13.1 Å². The zero-order chi connectivity index (χ0) is 19.5. The SMILES string of the molecule is COc1ccc2ccc(OC(=O)N3CCC(c4ccc(F)cc4)CC3)cc2c1. The summed E-state index contributed by atoms with van der Waals surface area (Å²) < 4.78 is 23.9. The highest BCUT2D eigenvalue weighted by Crippen LogP contribution is 2.29. The number of benzene rings is 3. The number of methoxy groups -OCH3 is 1. The molecule has 0 radical (unpaired) electrons. The van der Waals surface area contributed by atoms with E-state index in [1.165, 1.54) is 12.1 Å². The van der Waals surface area contributed by atoms with Crippen LogP contribution in [-0.4, -0.2) is 31.2 Å². The van der Waals surface area contributed by atoms with E-state index in [4.69, 9.17) is 9.47 Å². The van der Waals surface area contributed by atoms with Gasteiger partial charge in [0.2, 0.25) is 0 Å². The van der Waals surface area contributed by atoms with Crippen molar-refractivity contribution in [2.75, 3.05) is 20.2 Å². The van der Waals surface area contributed by atoms with Crippen molar-refractivity contribution in [3.05, 3.63) is 72.0 Å². The molecule has 1 amide bonds. The van der Waals surface area contributed by atoms with Crippen LogP contribution in [0.3, 0.4) is 0 Å². The maximum atomic E-state index is 13.1. The molecule has 1 saturated heterocycles. The Labute approximate surface area is 163 Å². The molecular formula is C23H22FNO3. The molecule has 144 valence electrons. The van der Waals surface area contributed by atoms with Gasteiger partial charge in [-0.2, -0.15) is 0 Å². The number of ether oxygens (including phenoxy) is 2. The van der Waals surface area contributed by atoms with Gasteiger partial charge in [0.25, 0.3) is 0 Å². The summed E-state index contributed by atoms with van der Waals surface area (Å²) in [6, 6.07) is 18.0. The number of piperidine rings is 1. The standard InChI is InChI=1S/C23H22FNO3/c1-27-21-8-4-17-5-9-22(15-19(17)14-21)28-23(26)25-12-10-18(11-13-25)16-2-6-20(24)7-3-16/h2-9,14-15,18H,10-13H2,1H3. The minimum absolute atomic E-state index is 0.224. The van der Waals surface area contributed by atoms with E-state index >= 15 is 0 Å². The van der Waals surface area contributed by atoms with Crippen LogP contribution in [0.4, 0.5) is 9.18 Å². The van der Waals surface area contributed by atoms with E-state index in [2.05, 4.69) is 0 Å². The fourth-order valence-electron chi connectivity index (χ4n) is 3.69. The van der Waals surface area contributed by atoms with Gasteiger partial charge in [-0.05, 0) is 71.5 Å². The molecule has 0 aromatic heterocycles. The molecule has 0 unspecified atom stereocenters. The predicted molar refractivity (Wildman–Crippen MR) is 106 cm³/mol. The van der Waals surface area contributed by atoms with Crippen molar-refractivity contribution in [1.29, 1.82) is 0 Å². The Morgan fingerprint density at radius 3 is 2.25 bits per heavy atom. The number of carbonyl (C=O) groups is 1. The zero-order valence-electron chi connectivity index (χ0n) is 15.7. The number of carbonyl (C=O) groups excluding carboxylic acids is 1. The van der Waals surface area contributed by atoms with E-state index in [1.807, 2.05) is 42.5 Å². The summed E-state index contributed by atoms with van der Waals surface area (Å²) in [5, 5.41) is 2.01. The Kier molecular flexibility index (Phi) is 5.15. The fourth-order valence-corrected chi connectivity index (χ4v) is 3.69. The summed E-state index contributed by atoms with van der Waals surface area (Å²) >= 11 is 0. The lowest BCUT2D eigenvalue weighted by Crippen LogP contribution is -2.39. The monoisotopic (exact) mass is 379 g/mol. The van der Waals surface area contributed by atoms with Gasteiger partial charge in [-0.25, -0.2) is 9.18 Å². The van der Waals surface area contributed by atoms with Crippen LogP contribution in [0.25, 0.3) is 10.8 Å². The molecule has 1 aliphatic heterocycles. The van der Waals surface area contributed by atoms with E-state index in [1.54, 1.807) is 18.1 Å². The molecule has 28 heavy (non-hydrogen) atoms. The molecule has 0 saturated carbocycles. The quantitative estimate of drug-likeness (QED) is 0.614. The second-order valence-electron chi connectivity index (χ2n) is 7.06. The number of amides is 1. The molecule has 0 spiro atoms. The predicted octanol–water partition coefficient (Wildman–Crippen LogP) is 5.37. The van der Waals surface area contributed by atoms with Crippen molar-refractivity contribution in [3.8, 4) is 11.5 Å². The van der Waals surface area contributed by atoms with Crippen molar-refractivity contribution in [2.45, 2.75) is 18.8 Å². The Balaban J connectivity index is 1.39. The smallest absolute Gasteiger partial charge is 0.415 e. The van der Waals surface area contributed by atoms with E-state index in [0.29, 0.717) is 24.8 Å². The Morgan fingerprint density at radius 1 is 0.929 bits per heavy atom. The molecule has 1 fully saturated rings. The highest BCUT2D eigenvalue weighted by Gasteiger charge is 2.25. The van der Waals surface area contributed by atoms with Crippen molar-refractivity contribution in [2.24, 2.45) is 0 Å². The lowest BCUT2D eigenvalue weighted by atomic mass is 9.89. The maximum Gasteiger partial charge on any atom is 0.415 e. The first-order valence-electron chi connectivity index (χ1n) is 9.42. The summed E-state index contributed by atoms with van der Waals surface area (Å²) in [4.78, 5) is 14.3. The highest BCUT2D eigenvalue weighted by atomic mass is 19.1. The normalized spacial score (nSPS) is 14.9. The second-order valence-corrected chi connectivity index (χ2v) is 7.06. The number of fused-ring (bicyclic) bond motifs is 1. The van der Waals surface area contributed by atoms with Crippen molar-refractivity contribution in [3.63, 3.8) is 0 Å². The second kappa shape index (κ2) is 7.89. The van der Waals surface area contributed by atoms with Gasteiger partial charge < -0.3 is 14.4 Å². The van der Waals surface area contributed by atoms with Crippen LogP contribution in [0.5, 0.6) is 11.5 Å². The average Bonchev–Trinajstić information content (AvgIpc) is 2.74. The molecule has 0 bridgehead atoms. The molecule has 3 aromatic rings.